The molecule has 1 rings (SSSR count). The van der Waals surface area contributed by atoms with Gasteiger partial charge in [-0.25, -0.2) is 9.59 Å². The number of nitrogens with one attached hydrogen (secondary N) is 1. The molecule has 0 amide bonds. The fourth-order valence-electron chi connectivity index (χ4n) is 2.25. The van der Waals surface area contributed by atoms with E-state index in [1.54, 1.807) is 6.08 Å². The minimum Gasteiger partial charge on any atom is -0.466 e. The van der Waals surface area contributed by atoms with Crippen molar-refractivity contribution in [3.8, 4) is 0 Å². The second-order valence-electron chi connectivity index (χ2n) is 4.82. The van der Waals surface area contributed by atoms with Crippen molar-refractivity contribution in [2.45, 2.75) is 25.7 Å². The highest BCUT2D eigenvalue weighted by Crippen LogP contribution is 2.23. The average molecular weight is 281 g/mol. The highest BCUT2D eigenvalue weighted by Gasteiger charge is 2.13. The van der Waals surface area contributed by atoms with Crippen LogP contribution in [0.5, 0.6) is 0 Å². The minimum absolute atomic E-state index is 0.344. The molecule has 0 heterocycles. The largest absolute Gasteiger partial charge is 0.466 e. The molecule has 0 unspecified atom stereocenters. The molecule has 0 bridgehead atoms. The third-order valence-corrected chi connectivity index (χ3v) is 3.40. The zero-order chi connectivity index (χ0) is 14.8. The molecule has 1 fully saturated rings. The monoisotopic (exact) mass is 281 g/mol. The fraction of sp³-hybridized carbons (Fsp3) is 0.600. The van der Waals surface area contributed by atoms with Gasteiger partial charge >= 0.3 is 11.9 Å². The number of esters is 2. The molecule has 0 atom stereocenters. The van der Waals surface area contributed by atoms with Crippen molar-refractivity contribution >= 4 is 11.9 Å². The van der Waals surface area contributed by atoms with Crippen molar-refractivity contribution in [2.75, 3.05) is 27.3 Å². The second-order valence-corrected chi connectivity index (χ2v) is 4.82. The van der Waals surface area contributed by atoms with Gasteiger partial charge in [-0.05, 0) is 31.4 Å². The molecule has 1 aliphatic carbocycles. The molecule has 0 aromatic heterocycles. The van der Waals surface area contributed by atoms with E-state index < -0.39 is 11.9 Å². The average Bonchev–Trinajstić information content (AvgIpc) is 2.98. The summed E-state index contributed by atoms with van der Waals surface area (Å²) in [5, 5.41) is 3.30. The normalized spacial score (nSPS) is 16.6. The highest BCUT2D eigenvalue weighted by atomic mass is 16.5. The van der Waals surface area contributed by atoms with Gasteiger partial charge in [-0.3, -0.25) is 0 Å². The molecule has 5 heteroatoms. The molecule has 1 aliphatic rings. The topological polar surface area (TPSA) is 64.6 Å². The number of hydrogen-bond acceptors (Lipinski definition) is 5. The molecule has 1 N–H and O–H groups in total. The summed E-state index contributed by atoms with van der Waals surface area (Å²) in [6, 6.07) is 0. The number of methoxy groups -OCH3 is 2. The Morgan fingerprint density at radius 3 is 2.45 bits per heavy atom. The smallest absolute Gasteiger partial charge is 0.337 e. The molecule has 0 spiro atoms. The third kappa shape index (κ3) is 6.02. The van der Waals surface area contributed by atoms with Gasteiger partial charge in [0.25, 0.3) is 0 Å². The van der Waals surface area contributed by atoms with Crippen molar-refractivity contribution in [3.63, 3.8) is 0 Å². The first kappa shape index (κ1) is 16.4. The Morgan fingerprint density at radius 1 is 1.15 bits per heavy atom. The SMILES string of the molecule is COC(=O)C=CC(=CCNCC1CCCC1)C(=O)OC. The molecule has 0 saturated heterocycles. The number of carbonyl (C=O) groups excluding carboxylic acids is 2. The standard InChI is InChI=1S/C15H23NO4/c1-19-14(17)8-7-13(15(18)20-2)9-10-16-11-12-5-3-4-6-12/h7-9,12,16H,3-6,10-11H2,1-2H3. The van der Waals surface area contributed by atoms with E-state index in [0.717, 1.165) is 12.5 Å². The van der Waals surface area contributed by atoms with Crippen LogP contribution >= 0.6 is 0 Å². The lowest BCUT2D eigenvalue weighted by atomic mass is 10.1. The van der Waals surface area contributed by atoms with Gasteiger partial charge in [0, 0.05) is 12.6 Å². The van der Waals surface area contributed by atoms with E-state index in [-0.39, 0.29) is 0 Å². The summed E-state index contributed by atoms with van der Waals surface area (Å²) < 4.78 is 9.16. The molecule has 0 aromatic rings. The summed E-state index contributed by atoms with van der Waals surface area (Å²) in [5.41, 5.74) is 0.344. The summed E-state index contributed by atoms with van der Waals surface area (Å²) in [7, 11) is 2.60. The van der Waals surface area contributed by atoms with Crippen LogP contribution in [0, 0.1) is 5.92 Å². The van der Waals surface area contributed by atoms with Crippen LogP contribution in [0.4, 0.5) is 0 Å². The lowest BCUT2D eigenvalue weighted by Crippen LogP contribution is -2.21. The Balaban J connectivity index is 2.44. The molecule has 0 aromatic carbocycles. The maximum absolute atomic E-state index is 11.5. The van der Waals surface area contributed by atoms with Crippen molar-refractivity contribution in [1.29, 1.82) is 0 Å². The maximum atomic E-state index is 11.5. The Kier molecular flexibility index (Phi) is 7.65. The molecule has 5 nitrogen and oxygen atoms in total. The summed E-state index contributed by atoms with van der Waals surface area (Å²) in [6.07, 6.45) is 9.54. The zero-order valence-corrected chi connectivity index (χ0v) is 12.2. The van der Waals surface area contributed by atoms with E-state index in [1.165, 1.54) is 52.1 Å². The molecule has 20 heavy (non-hydrogen) atoms. The van der Waals surface area contributed by atoms with Gasteiger partial charge in [0.1, 0.15) is 0 Å². The number of ether oxygens (including phenoxy) is 2. The van der Waals surface area contributed by atoms with E-state index in [1.807, 2.05) is 0 Å². The third-order valence-electron chi connectivity index (χ3n) is 3.40. The van der Waals surface area contributed by atoms with Gasteiger partial charge in [0.2, 0.25) is 0 Å². The van der Waals surface area contributed by atoms with Gasteiger partial charge in [-0.2, -0.15) is 0 Å². The maximum Gasteiger partial charge on any atom is 0.337 e. The molecular weight excluding hydrogens is 258 g/mol. The molecule has 1 saturated carbocycles. The molecule has 112 valence electrons. The van der Waals surface area contributed by atoms with Crippen LogP contribution in [0.1, 0.15) is 25.7 Å². The summed E-state index contributed by atoms with van der Waals surface area (Å²) in [6.45, 7) is 1.54. The van der Waals surface area contributed by atoms with Crippen LogP contribution in [0.15, 0.2) is 23.8 Å². The lowest BCUT2D eigenvalue weighted by Gasteiger charge is -2.09. The lowest BCUT2D eigenvalue weighted by molar-refractivity contribution is -0.135. The van der Waals surface area contributed by atoms with Crippen LogP contribution in [0.25, 0.3) is 0 Å². The van der Waals surface area contributed by atoms with Gasteiger partial charge in [-0.15, -0.1) is 0 Å². The van der Waals surface area contributed by atoms with Crippen LogP contribution in [-0.2, 0) is 19.1 Å². The van der Waals surface area contributed by atoms with Crippen molar-refractivity contribution in [1.82, 2.24) is 5.32 Å². The van der Waals surface area contributed by atoms with E-state index >= 15 is 0 Å². The summed E-state index contributed by atoms with van der Waals surface area (Å²) in [4.78, 5) is 22.6. The first-order valence-corrected chi connectivity index (χ1v) is 6.92. The first-order chi connectivity index (χ1) is 9.67. The van der Waals surface area contributed by atoms with E-state index in [4.69, 9.17) is 0 Å². The van der Waals surface area contributed by atoms with Crippen LogP contribution in [0.3, 0.4) is 0 Å². The van der Waals surface area contributed by atoms with Gasteiger partial charge in [0.05, 0.1) is 19.8 Å². The van der Waals surface area contributed by atoms with Crippen molar-refractivity contribution < 1.29 is 19.1 Å². The molecule has 0 radical (unpaired) electrons. The summed E-state index contributed by atoms with van der Waals surface area (Å²) >= 11 is 0. The van der Waals surface area contributed by atoms with Gasteiger partial charge in [0.15, 0.2) is 0 Å². The van der Waals surface area contributed by atoms with Crippen molar-refractivity contribution in [3.05, 3.63) is 23.8 Å². The zero-order valence-electron chi connectivity index (χ0n) is 12.2. The van der Waals surface area contributed by atoms with Crippen molar-refractivity contribution in [2.24, 2.45) is 5.92 Å². The fourth-order valence-corrected chi connectivity index (χ4v) is 2.25. The Bertz CT molecular complexity index is 381. The molecule has 0 aliphatic heterocycles. The number of hydrogen-bond donors (Lipinski definition) is 1. The van der Waals surface area contributed by atoms with E-state index in [2.05, 4.69) is 14.8 Å². The van der Waals surface area contributed by atoms with Crippen LogP contribution in [0.2, 0.25) is 0 Å². The Labute approximate surface area is 120 Å². The predicted molar refractivity (Wildman–Crippen MR) is 76.1 cm³/mol. The van der Waals surface area contributed by atoms with Gasteiger partial charge in [-0.1, -0.05) is 18.9 Å². The Hall–Kier alpha value is -1.62. The number of carbonyl (C=O) groups is 2. The predicted octanol–water partition coefficient (Wildman–Crippen LogP) is 1.59. The first-order valence-electron chi connectivity index (χ1n) is 6.92. The van der Waals surface area contributed by atoms with E-state index in [0.29, 0.717) is 12.1 Å². The molecular formula is C15H23NO4. The quantitative estimate of drug-likeness (QED) is 0.332. The van der Waals surface area contributed by atoms with Crippen LogP contribution < -0.4 is 5.32 Å². The van der Waals surface area contributed by atoms with E-state index in [9.17, 15) is 9.59 Å². The van der Waals surface area contributed by atoms with Crippen LogP contribution in [-0.4, -0.2) is 39.2 Å². The minimum atomic E-state index is -0.501. The highest BCUT2D eigenvalue weighted by molar-refractivity contribution is 5.93. The summed E-state index contributed by atoms with van der Waals surface area (Å²) in [5.74, 6) is -0.220. The Morgan fingerprint density at radius 2 is 1.85 bits per heavy atom. The van der Waals surface area contributed by atoms with Gasteiger partial charge < -0.3 is 14.8 Å². The number of rotatable bonds is 7. The second kappa shape index (κ2) is 9.31.